The Labute approximate surface area is 176 Å². The fourth-order valence-corrected chi connectivity index (χ4v) is 2.74. The molecule has 1 amide bonds. The van der Waals surface area contributed by atoms with Crippen molar-refractivity contribution in [3.05, 3.63) is 58.1 Å². The molecular weight excluding hydrogens is 417 g/mol. The van der Waals surface area contributed by atoms with E-state index in [0.717, 1.165) is 4.80 Å². The number of nitrogens with zero attached hydrogens (tertiary/aromatic N) is 4. The lowest BCUT2D eigenvalue weighted by Gasteiger charge is -2.08. The van der Waals surface area contributed by atoms with Crippen molar-refractivity contribution in [3.63, 3.8) is 0 Å². The number of esters is 1. The molecule has 1 N–H and O–H groups in total. The lowest BCUT2D eigenvalue weighted by atomic mass is 10.1. The fraction of sp³-hybridized carbons (Fsp3) is 0.211. The zero-order chi connectivity index (χ0) is 21.0. The Morgan fingerprint density at radius 1 is 1.17 bits per heavy atom. The van der Waals surface area contributed by atoms with E-state index in [2.05, 4.69) is 20.7 Å². The number of amides is 1. The minimum Gasteiger partial charge on any atom is -0.459 e. The molecular formula is C19H17Cl2N5O3. The van der Waals surface area contributed by atoms with Crippen LogP contribution in [0.1, 0.15) is 24.2 Å². The Morgan fingerprint density at radius 3 is 2.72 bits per heavy atom. The number of anilines is 1. The zero-order valence-corrected chi connectivity index (χ0v) is 17.1. The lowest BCUT2D eigenvalue weighted by Crippen LogP contribution is -2.20. The van der Waals surface area contributed by atoms with Gasteiger partial charge in [0.2, 0.25) is 11.7 Å². The molecule has 0 fully saturated rings. The second-order valence-electron chi connectivity index (χ2n) is 6.35. The standard InChI is InChI=1S/C19H17Cl2N5O3/c1-11(2)29-19(28)13-5-3-4-12(8-13)18-23-25-26(24-18)10-17(27)22-16-9-14(20)6-7-15(16)21/h3-9,11H,10H2,1-2H3,(H,22,27). The maximum atomic E-state index is 12.2. The second kappa shape index (κ2) is 9.02. The van der Waals surface area contributed by atoms with E-state index in [9.17, 15) is 9.59 Å². The predicted molar refractivity (Wildman–Crippen MR) is 109 cm³/mol. The molecule has 0 radical (unpaired) electrons. The third-order valence-electron chi connectivity index (χ3n) is 3.64. The summed E-state index contributed by atoms with van der Waals surface area (Å²) in [6, 6.07) is 11.4. The topological polar surface area (TPSA) is 99.0 Å². The summed E-state index contributed by atoms with van der Waals surface area (Å²) in [5.41, 5.74) is 1.34. The maximum absolute atomic E-state index is 12.2. The number of benzene rings is 2. The molecule has 8 nitrogen and oxygen atoms in total. The fourth-order valence-electron chi connectivity index (χ4n) is 2.40. The molecule has 2 aromatic carbocycles. The molecule has 1 aromatic heterocycles. The van der Waals surface area contributed by atoms with Gasteiger partial charge in [0.25, 0.3) is 0 Å². The van der Waals surface area contributed by atoms with Gasteiger partial charge >= 0.3 is 5.97 Å². The first-order valence-electron chi connectivity index (χ1n) is 8.66. The summed E-state index contributed by atoms with van der Waals surface area (Å²) in [7, 11) is 0. The summed E-state index contributed by atoms with van der Waals surface area (Å²) in [6.45, 7) is 3.37. The van der Waals surface area contributed by atoms with Crippen LogP contribution in [0.25, 0.3) is 11.4 Å². The van der Waals surface area contributed by atoms with Gasteiger partial charge in [-0.05, 0) is 49.4 Å². The summed E-state index contributed by atoms with van der Waals surface area (Å²) >= 11 is 11.9. The van der Waals surface area contributed by atoms with Gasteiger partial charge in [0, 0.05) is 10.6 Å². The molecule has 0 atom stereocenters. The van der Waals surface area contributed by atoms with Gasteiger partial charge < -0.3 is 10.1 Å². The van der Waals surface area contributed by atoms with E-state index in [4.69, 9.17) is 27.9 Å². The van der Waals surface area contributed by atoms with Crippen LogP contribution < -0.4 is 5.32 Å². The zero-order valence-electron chi connectivity index (χ0n) is 15.6. The van der Waals surface area contributed by atoms with Crippen molar-refractivity contribution in [1.82, 2.24) is 20.2 Å². The molecule has 3 aromatic rings. The third kappa shape index (κ3) is 5.52. The second-order valence-corrected chi connectivity index (χ2v) is 7.19. The number of carbonyl (C=O) groups excluding carboxylic acids is 2. The lowest BCUT2D eigenvalue weighted by molar-refractivity contribution is -0.117. The Bertz CT molecular complexity index is 1050. The van der Waals surface area contributed by atoms with Crippen molar-refractivity contribution < 1.29 is 14.3 Å². The molecule has 0 bridgehead atoms. The Hall–Kier alpha value is -2.97. The molecule has 0 saturated heterocycles. The summed E-state index contributed by atoms with van der Waals surface area (Å²) < 4.78 is 5.19. The van der Waals surface area contributed by atoms with Gasteiger partial charge in [-0.15, -0.1) is 10.2 Å². The highest BCUT2D eigenvalue weighted by molar-refractivity contribution is 6.35. The first kappa shape index (κ1) is 20.8. The molecule has 150 valence electrons. The number of aromatic nitrogens is 4. The van der Waals surface area contributed by atoms with E-state index in [-0.39, 0.29) is 18.5 Å². The largest absolute Gasteiger partial charge is 0.459 e. The molecule has 1 heterocycles. The molecule has 29 heavy (non-hydrogen) atoms. The molecule has 3 rings (SSSR count). The number of hydrogen-bond acceptors (Lipinski definition) is 6. The molecule has 0 unspecified atom stereocenters. The number of halogens is 2. The number of ether oxygens (including phenoxy) is 1. The number of rotatable bonds is 6. The average Bonchev–Trinajstić information content (AvgIpc) is 3.12. The van der Waals surface area contributed by atoms with Gasteiger partial charge in [-0.3, -0.25) is 4.79 Å². The van der Waals surface area contributed by atoms with Crippen LogP contribution in [-0.2, 0) is 16.1 Å². The van der Waals surface area contributed by atoms with Crippen LogP contribution in [0.4, 0.5) is 5.69 Å². The molecule has 0 aliphatic heterocycles. The van der Waals surface area contributed by atoms with Gasteiger partial charge in [-0.25, -0.2) is 4.79 Å². The highest BCUT2D eigenvalue weighted by atomic mass is 35.5. The van der Waals surface area contributed by atoms with Gasteiger partial charge in [-0.2, -0.15) is 4.80 Å². The maximum Gasteiger partial charge on any atom is 0.338 e. The predicted octanol–water partition coefficient (Wildman–Crippen LogP) is 3.85. The normalized spacial score (nSPS) is 10.8. The number of hydrogen-bond donors (Lipinski definition) is 1. The van der Waals surface area contributed by atoms with E-state index >= 15 is 0 Å². The SMILES string of the molecule is CC(C)OC(=O)c1cccc(-c2nnn(CC(=O)Nc3cc(Cl)ccc3Cl)n2)c1. The average molecular weight is 434 g/mol. The van der Waals surface area contributed by atoms with Crippen molar-refractivity contribution >= 4 is 40.8 Å². The molecule has 0 aliphatic carbocycles. The van der Waals surface area contributed by atoms with Crippen molar-refractivity contribution in [2.75, 3.05) is 5.32 Å². The van der Waals surface area contributed by atoms with E-state index in [0.29, 0.717) is 26.9 Å². The Morgan fingerprint density at radius 2 is 1.97 bits per heavy atom. The summed E-state index contributed by atoms with van der Waals surface area (Å²) in [5.74, 6) is -0.558. The van der Waals surface area contributed by atoms with Crippen LogP contribution in [0.5, 0.6) is 0 Å². The van der Waals surface area contributed by atoms with Gasteiger partial charge in [0.1, 0.15) is 6.54 Å². The molecule has 0 aliphatic rings. The highest BCUT2D eigenvalue weighted by Crippen LogP contribution is 2.25. The minimum atomic E-state index is -0.438. The molecule has 0 saturated carbocycles. The van der Waals surface area contributed by atoms with Crippen LogP contribution in [0, 0.1) is 0 Å². The Balaban J connectivity index is 1.70. The van der Waals surface area contributed by atoms with Gasteiger partial charge in [0.05, 0.1) is 22.4 Å². The van der Waals surface area contributed by atoms with Gasteiger partial charge in [0.15, 0.2) is 0 Å². The van der Waals surface area contributed by atoms with Crippen molar-refractivity contribution in [1.29, 1.82) is 0 Å². The van der Waals surface area contributed by atoms with Crippen LogP contribution in [-0.4, -0.2) is 38.2 Å². The van der Waals surface area contributed by atoms with E-state index in [1.165, 1.54) is 0 Å². The summed E-state index contributed by atoms with van der Waals surface area (Å²) in [4.78, 5) is 25.4. The molecule has 10 heteroatoms. The Kier molecular flexibility index (Phi) is 6.46. The van der Waals surface area contributed by atoms with E-state index in [1.807, 2.05) is 0 Å². The number of carbonyl (C=O) groups is 2. The van der Waals surface area contributed by atoms with Crippen molar-refractivity contribution in [2.45, 2.75) is 26.5 Å². The monoisotopic (exact) mass is 433 g/mol. The van der Waals surface area contributed by atoms with E-state index < -0.39 is 11.9 Å². The van der Waals surface area contributed by atoms with Crippen LogP contribution >= 0.6 is 23.2 Å². The van der Waals surface area contributed by atoms with Gasteiger partial charge in [-0.1, -0.05) is 35.3 Å². The van der Waals surface area contributed by atoms with Crippen LogP contribution in [0.3, 0.4) is 0 Å². The first-order valence-corrected chi connectivity index (χ1v) is 9.41. The summed E-state index contributed by atoms with van der Waals surface area (Å²) in [5, 5.41) is 15.5. The van der Waals surface area contributed by atoms with Crippen LogP contribution in [0.2, 0.25) is 10.0 Å². The molecule has 0 spiro atoms. The van der Waals surface area contributed by atoms with Crippen molar-refractivity contribution in [2.24, 2.45) is 0 Å². The number of nitrogens with one attached hydrogen (secondary N) is 1. The van der Waals surface area contributed by atoms with Crippen LogP contribution in [0.15, 0.2) is 42.5 Å². The smallest absolute Gasteiger partial charge is 0.338 e. The highest BCUT2D eigenvalue weighted by Gasteiger charge is 2.14. The quantitative estimate of drug-likeness (QED) is 0.592. The minimum absolute atomic E-state index is 0.176. The van der Waals surface area contributed by atoms with Crippen molar-refractivity contribution in [3.8, 4) is 11.4 Å². The number of tetrazole rings is 1. The summed E-state index contributed by atoms with van der Waals surface area (Å²) in [6.07, 6.45) is -0.225. The third-order valence-corrected chi connectivity index (χ3v) is 4.20. The first-order chi connectivity index (χ1) is 13.8. The van der Waals surface area contributed by atoms with E-state index in [1.54, 1.807) is 56.3 Å².